The first kappa shape index (κ1) is 17.6. The van der Waals surface area contributed by atoms with Gasteiger partial charge in [0.25, 0.3) is 0 Å². The molecule has 0 unspecified atom stereocenters. The lowest BCUT2D eigenvalue weighted by Gasteiger charge is -2.21. The Hall–Kier alpha value is -1.75. The average Bonchev–Trinajstić information content (AvgIpc) is 3.41. The number of nitrogens with one attached hydrogen (secondary N) is 2. The second-order valence-electron chi connectivity index (χ2n) is 5.75. The second kappa shape index (κ2) is 9.40. The van der Waals surface area contributed by atoms with E-state index in [1.54, 1.807) is 0 Å². The van der Waals surface area contributed by atoms with Gasteiger partial charge in [-0.3, -0.25) is 9.89 Å². The highest BCUT2D eigenvalue weighted by molar-refractivity contribution is 5.79. The van der Waals surface area contributed by atoms with Crippen LogP contribution in [-0.4, -0.2) is 50.2 Å². The van der Waals surface area contributed by atoms with E-state index in [9.17, 15) is 0 Å². The molecule has 5 heteroatoms. The van der Waals surface area contributed by atoms with Gasteiger partial charge in [0.05, 0.1) is 6.61 Å². The number of nitrogens with zero attached hydrogens (tertiary/aromatic N) is 2. The third kappa shape index (κ3) is 5.75. The van der Waals surface area contributed by atoms with Crippen molar-refractivity contribution in [1.29, 1.82) is 0 Å². The number of ether oxygens (including phenoxy) is 1. The molecule has 1 aromatic rings. The third-order valence-electron chi connectivity index (χ3n) is 4.10. The van der Waals surface area contributed by atoms with Gasteiger partial charge in [0.1, 0.15) is 5.75 Å². The van der Waals surface area contributed by atoms with Crippen LogP contribution in [0.1, 0.15) is 32.3 Å². The van der Waals surface area contributed by atoms with E-state index in [1.165, 1.54) is 12.8 Å². The Kier molecular flexibility index (Phi) is 7.20. The lowest BCUT2D eigenvalue weighted by atomic mass is 10.2. The fourth-order valence-electron chi connectivity index (χ4n) is 2.70. The van der Waals surface area contributed by atoms with Gasteiger partial charge in [0, 0.05) is 38.3 Å². The lowest BCUT2D eigenvalue weighted by molar-refractivity contribution is 0.282. The van der Waals surface area contributed by atoms with E-state index in [0.29, 0.717) is 13.2 Å². The summed E-state index contributed by atoms with van der Waals surface area (Å²) in [5.41, 5.74) is 1.14. The highest BCUT2D eigenvalue weighted by Crippen LogP contribution is 2.25. The summed E-state index contributed by atoms with van der Waals surface area (Å²) in [4.78, 5) is 6.83. The molecule has 1 aromatic carbocycles. The number of benzene rings is 1. The Labute approximate surface area is 140 Å². The molecular formula is C18H30N4O. The zero-order valence-corrected chi connectivity index (χ0v) is 14.6. The van der Waals surface area contributed by atoms with E-state index in [4.69, 9.17) is 4.74 Å². The molecule has 0 atom stereocenters. The molecule has 1 saturated carbocycles. The van der Waals surface area contributed by atoms with Crippen LogP contribution in [0.5, 0.6) is 5.75 Å². The zero-order chi connectivity index (χ0) is 16.5. The SMILES string of the molecule is CCOc1ccccc1CNC(=NC)NCCN(CC)C1CC1. The van der Waals surface area contributed by atoms with Crippen molar-refractivity contribution in [2.75, 3.05) is 33.3 Å². The molecule has 0 bridgehead atoms. The summed E-state index contributed by atoms with van der Waals surface area (Å²) in [6.45, 7) is 8.72. The molecule has 0 heterocycles. The Morgan fingerprint density at radius 2 is 2.04 bits per heavy atom. The number of hydrogen-bond donors (Lipinski definition) is 2. The van der Waals surface area contributed by atoms with Gasteiger partial charge in [0.15, 0.2) is 5.96 Å². The van der Waals surface area contributed by atoms with Crippen molar-refractivity contribution >= 4 is 5.96 Å². The van der Waals surface area contributed by atoms with Crippen LogP contribution in [-0.2, 0) is 6.54 Å². The Morgan fingerprint density at radius 3 is 2.70 bits per heavy atom. The predicted molar refractivity (Wildman–Crippen MR) is 96.1 cm³/mol. The molecule has 0 aromatic heterocycles. The largest absolute Gasteiger partial charge is 0.494 e. The lowest BCUT2D eigenvalue weighted by Crippen LogP contribution is -2.41. The summed E-state index contributed by atoms with van der Waals surface area (Å²) in [7, 11) is 1.81. The smallest absolute Gasteiger partial charge is 0.191 e. The molecule has 0 aliphatic heterocycles. The van der Waals surface area contributed by atoms with Gasteiger partial charge in [0.2, 0.25) is 0 Å². The highest BCUT2D eigenvalue weighted by atomic mass is 16.5. The summed E-state index contributed by atoms with van der Waals surface area (Å²) >= 11 is 0. The molecule has 2 N–H and O–H groups in total. The Bertz CT molecular complexity index is 500. The normalized spacial score (nSPS) is 14.9. The van der Waals surface area contributed by atoms with Crippen LogP contribution in [0, 0.1) is 0 Å². The van der Waals surface area contributed by atoms with Crippen molar-refractivity contribution in [2.24, 2.45) is 4.99 Å². The first-order valence-corrected chi connectivity index (χ1v) is 8.67. The van der Waals surface area contributed by atoms with Crippen molar-refractivity contribution in [3.63, 3.8) is 0 Å². The fraction of sp³-hybridized carbons (Fsp3) is 0.611. The summed E-state index contributed by atoms with van der Waals surface area (Å²) in [5.74, 6) is 1.77. The van der Waals surface area contributed by atoms with Crippen LogP contribution in [0.15, 0.2) is 29.3 Å². The predicted octanol–water partition coefficient (Wildman–Crippen LogP) is 2.23. The second-order valence-corrected chi connectivity index (χ2v) is 5.75. The van der Waals surface area contributed by atoms with Crippen LogP contribution in [0.4, 0.5) is 0 Å². The molecule has 0 radical (unpaired) electrons. The van der Waals surface area contributed by atoms with Gasteiger partial charge in [-0.15, -0.1) is 0 Å². The van der Waals surface area contributed by atoms with Gasteiger partial charge in [-0.1, -0.05) is 25.1 Å². The molecular weight excluding hydrogens is 288 g/mol. The fourth-order valence-corrected chi connectivity index (χ4v) is 2.70. The minimum absolute atomic E-state index is 0.679. The van der Waals surface area contributed by atoms with Crippen molar-refractivity contribution in [1.82, 2.24) is 15.5 Å². The van der Waals surface area contributed by atoms with Crippen molar-refractivity contribution in [2.45, 2.75) is 39.3 Å². The zero-order valence-electron chi connectivity index (χ0n) is 14.6. The van der Waals surface area contributed by atoms with Gasteiger partial charge < -0.3 is 15.4 Å². The Balaban J connectivity index is 1.76. The molecule has 0 spiro atoms. The van der Waals surface area contributed by atoms with Crippen molar-refractivity contribution in [3.05, 3.63) is 29.8 Å². The van der Waals surface area contributed by atoms with Gasteiger partial charge >= 0.3 is 0 Å². The topological polar surface area (TPSA) is 48.9 Å². The number of aliphatic imine (C=N–C) groups is 1. The van der Waals surface area contributed by atoms with Crippen molar-refractivity contribution in [3.8, 4) is 5.75 Å². The minimum atomic E-state index is 0.679. The van der Waals surface area contributed by atoms with Crippen LogP contribution >= 0.6 is 0 Å². The maximum absolute atomic E-state index is 5.66. The minimum Gasteiger partial charge on any atom is -0.494 e. The summed E-state index contributed by atoms with van der Waals surface area (Å²) in [6, 6.07) is 8.93. The van der Waals surface area contributed by atoms with E-state index >= 15 is 0 Å². The molecule has 1 fully saturated rings. The standard InChI is InChI=1S/C18H30N4O/c1-4-22(16-10-11-16)13-12-20-18(19-3)21-14-15-8-6-7-9-17(15)23-5-2/h6-9,16H,4-5,10-14H2,1-3H3,(H2,19,20,21). The molecule has 23 heavy (non-hydrogen) atoms. The monoisotopic (exact) mass is 318 g/mol. The summed E-state index contributed by atoms with van der Waals surface area (Å²) < 4.78 is 5.66. The maximum Gasteiger partial charge on any atom is 0.191 e. The number of likely N-dealkylation sites (N-methyl/N-ethyl adjacent to an activating group) is 1. The third-order valence-corrected chi connectivity index (χ3v) is 4.10. The summed E-state index contributed by atoms with van der Waals surface area (Å²) in [6.07, 6.45) is 2.71. The van der Waals surface area contributed by atoms with E-state index in [0.717, 1.165) is 42.9 Å². The molecule has 0 amide bonds. The van der Waals surface area contributed by atoms with Gasteiger partial charge in [-0.25, -0.2) is 0 Å². The van der Waals surface area contributed by atoms with Crippen LogP contribution in [0.25, 0.3) is 0 Å². The summed E-state index contributed by atoms with van der Waals surface area (Å²) in [5, 5.41) is 6.76. The van der Waals surface area contributed by atoms with E-state index in [1.807, 2.05) is 32.2 Å². The van der Waals surface area contributed by atoms with Crippen molar-refractivity contribution < 1.29 is 4.74 Å². The first-order valence-electron chi connectivity index (χ1n) is 8.67. The Morgan fingerprint density at radius 1 is 1.26 bits per heavy atom. The van der Waals surface area contributed by atoms with Crippen LogP contribution in [0.2, 0.25) is 0 Å². The van der Waals surface area contributed by atoms with E-state index < -0.39 is 0 Å². The molecule has 1 aliphatic carbocycles. The van der Waals surface area contributed by atoms with E-state index in [2.05, 4.69) is 33.5 Å². The number of guanidine groups is 1. The molecule has 128 valence electrons. The first-order chi connectivity index (χ1) is 11.3. The maximum atomic E-state index is 5.66. The van der Waals surface area contributed by atoms with Gasteiger partial charge in [-0.05, 0) is 32.4 Å². The number of rotatable bonds is 9. The molecule has 5 nitrogen and oxygen atoms in total. The van der Waals surface area contributed by atoms with E-state index in [-0.39, 0.29) is 0 Å². The quantitative estimate of drug-likeness (QED) is 0.541. The number of para-hydroxylation sites is 1. The molecule has 1 aliphatic rings. The average molecular weight is 318 g/mol. The van der Waals surface area contributed by atoms with Crippen LogP contribution in [0.3, 0.4) is 0 Å². The molecule has 2 rings (SSSR count). The van der Waals surface area contributed by atoms with Gasteiger partial charge in [-0.2, -0.15) is 0 Å². The molecule has 0 saturated heterocycles. The number of hydrogen-bond acceptors (Lipinski definition) is 3. The highest BCUT2D eigenvalue weighted by Gasteiger charge is 2.27. The van der Waals surface area contributed by atoms with Crippen LogP contribution < -0.4 is 15.4 Å².